The van der Waals surface area contributed by atoms with E-state index in [0.29, 0.717) is 17.4 Å². The van der Waals surface area contributed by atoms with Crippen molar-refractivity contribution in [3.8, 4) is 0 Å². The van der Waals surface area contributed by atoms with E-state index in [1.54, 1.807) is 6.08 Å². The number of nitrogens with one attached hydrogen (secondary N) is 1. The summed E-state index contributed by atoms with van der Waals surface area (Å²) in [5.41, 5.74) is 0. The first-order valence-electron chi connectivity index (χ1n) is 27.0. The molecule has 0 rings (SSSR count). The normalized spacial score (nSPS) is 14.4. The second kappa shape index (κ2) is 46.6. The molecule has 0 spiro atoms. The first kappa shape index (κ1) is 62.5. The maximum Gasteiger partial charge on any atom is 0.472 e. The highest BCUT2D eigenvalue weighted by atomic mass is 31.2. The van der Waals surface area contributed by atoms with Crippen LogP contribution in [0.15, 0.2) is 48.6 Å². The van der Waals surface area contributed by atoms with Crippen LogP contribution in [0.5, 0.6) is 0 Å². The van der Waals surface area contributed by atoms with Crippen molar-refractivity contribution in [2.75, 3.05) is 40.9 Å². The molecule has 0 radical (unpaired) electrons. The summed E-state index contributed by atoms with van der Waals surface area (Å²) in [5.74, 6) is -0.192. The smallest absolute Gasteiger partial charge is 0.387 e. The Labute approximate surface area is 397 Å². The summed E-state index contributed by atoms with van der Waals surface area (Å²) in [4.78, 5) is 23.1. The molecule has 64 heavy (non-hydrogen) atoms. The molecule has 0 saturated carbocycles. The van der Waals surface area contributed by atoms with Gasteiger partial charge in [0.25, 0.3) is 0 Å². The van der Waals surface area contributed by atoms with E-state index in [9.17, 15) is 19.4 Å². The second-order valence-electron chi connectivity index (χ2n) is 19.6. The number of phosphoric acid groups is 1. The van der Waals surface area contributed by atoms with E-state index >= 15 is 0 Å². The van der Waals surface area contributed by atoms with Crippen molar-refractivity contribution in [2.45, 2.75) is 257 Å². The van der Waals surface area contributed by atoms with Gasteiger partial charge < -0.3 is 19.8 Å². The summed E-state index contributed by atoms with van der Waals surface area (Å²) in [6.07, 6.45) is 61.2. The van der Waals surface area contributed by atoms with Gasteiger partial charge in [-0.15, -0.1) is 0 Å². The van der Waals surface area contributed by atoms with Crippen LogP contribution in [0, 0.1) is 0 Å². The summed E-state index contributed by atoms with van der Waals surface area (Å²) in [6.45, 7) is 4.56. The topological polar surface area (TPSA) is 105 Å². The van der Waals surface area contributed by atoms with Crippen molar-refractivity contribution in [2.24, 2.45) is 0 Å². The van der Waals surface area contributed by atoms with Gasteiger partial charge in [-0.1, -0.05) is 222 Å². The predicted octanol–water partition coefficient (Wildman–Crippen LogP) is 16.0. The predicted molar refractivity (Wildman–Crippen MR) is 277 cm³/mol. The third-order valence-corrected chi connectivity index (χ3v) is 13.1. The Balaban J connectivity index is 3.91. The number of rotatable bonds is 49. The molecular weight excluding hydrogens is 816 g/mol. The molecule has 0 aromatic carbocycles. The molecule has 0 saturated heterocycles. The van der Waals surface area contributed by atoms with Crippen LogP contribution in [0.25, 0.3) is 0 Å². The molecular formula is C55H106N2O6P+. The molecule has 0 fully saturated rings. The van der Waals surface area contributed by atoms with Crippen molar-refractivity contribution in [1.29, 1.82) is 0 Å². The first-order chi connectivity index (χ1) is 31.0. The van der Waals surface area contributed by atoms with E-state index in [0.717, 1.165) is 44.9 Å². The Morgan fingerprint density at radius 1 is 0.547 bits per heavy atom. The van der Waals surface area contributed by atoms with Crippen molar-refractivity contribution in [3.63, 3.8) is 0 Å². The lowest BCUT2D eigenvalue weighted by molar-refractivity contribution is -0.870. The minimum absolute atomic E-state index is 0.0534. The molecule has 0 aromatic rings. The lowest BCUT2D eigenvalue weighted by Crippen LogP contribution is -2.45. The number of unbranched alkanes of at least 4 members (excludes halogenated alkanes) is 31. The summed E-state index contributed by atoms with van der Waals surface area (Å²) >= 11 is 0. The van der Waals surface area contributed by atoms with Crippen molar-refractivity contribution in [1.82, 2.24) is 5.32 Å². The van der Waals surface area contributed by atoms with Crippen molar-refractivity contribution < 1.29 is 32.9 Å². The molecule has 376 valence electrons. The highest BCUT2D eigenvalue weighted by Crippen LogP contribution is 2.43. The van der Waals surface area contributed by atoms with E-state index in [1.165, 1.54) is 180 Å². The number of amides is 1. The van der Waals surface area contributed by atoms with Gasteiger partial charge in [0.1, 0.15) is 13.2 Å². The molecule has 3 N–H and O–H groups in total. The summed E-state index contributed by atoms with van der Waals surface area (Å²) in [7, 11) is 1.55. The van der Waals surface area contributed by atoms with Crippen LogP contribution in [0.1, 0.15) is 245 Å². The number of nitrogens with zero attached hydrogens (tertiary/aromatic N) is 1. The molecule has 0 aliphatic rings. The average molecular weight is 922 g/mol. The third-order valence-electron chi connectivity index (χ3n) is 12.1. The number of hydrogen-bond acceptors (Lipinski definition) is 5. The summed E-state index contributed by atoms with van der Waals surface area (Å²) in [6, 6.07) is -0.866. The van der Waals surface area contributed by atoms with Gasteiger partial charge in [0.15, 0.2) is 0 Å². The number of carbonyl (C=O) groups is 1. The van der Waals surface area contributed by atoms with Gasteiger partial charge in [0.2, 0.25) is 5.91 Å². The number of allylic oxidation sites excluding steroid dienone is 7. The zero-order chi connectivity index (χ0) is 47.1. The number of carbonyl (C=O) groups excluding carboxylic acids is 1. The van der Waals surface area contributed by atoms with Crippen LogP contribution in [0.2, 0.25) is 0 Å². The Bertz CT molecular complexity index is 1180. The van der Waals surface area contributed by atoms with E-state index < -0.39 is 20.0 Å². The minimum atomic E-state index is -4.35. The highest BCUT2D eigenvalue weighted by molar-refractivity contribution is 7.47. The molecule has 0 aromatic heterocycles. The number of quaternary nitrogens is 1. The maximum atomic E-state index is 12.9. The van der Waals surface area contributed by atoms with E-state index in [4.69, 9.17) is 9.05 Å². The summed E-state index contributed by atoms with van der Waals surface area (Å²) < 4.78 is 23.5. The van der Waals surface area contributed by atoms with Gasteiger partial charge in [-0.3, -0.25) is 13.8 Å². The van der Waals surface area contributed by atoms with E-state index in [2.05, 4.69) is 48.7 Å². The van der Waals surface area contributed by atoms with Crippen LogP contribution in [0.4, 0.5) is 0 Å². The lowest BCUT2D eigenvalue weighted by atomic mass is 10.0. The standard InChI is InChI=1S/C55H105N2O6P/c1-6-8-10-12-14-16-17-18-19-20-21-22-23-24-25-26-27-28-29-30-31-32-33-34-35-36-37-38-39-41-43-45-47-49-55(59)56-53(52-63-64(60,61)62-51-50-57(3,4)5)54(58)48-46-44-42-40-15-13-11-9-7-2/h7,9,15,20-21,40,46,48,53-54,58H,6,8,10-14,16-19,22-39,41-45,47,49-52H2,1-5H3,(H-,56,59,60,61)/p+1/b9-7+,21-20-,40-15+,48-46+. The maximum absolute atomic E-state index is 12.9. The van der Waals surface area contributed by atoms with Gasteiger partial charge in [-0.25, -0.2) is 4.57 Å². The van der Waals surface area contributed by atoms with Gasteiger partial charge in [-0.2, -0.15) is 0 Å². The largest absolute Gasteiger partial charge is 0.472 e. The van der Waals surface area contributed by atoms with Crippen molar-refractivity contribution >= 4 is 13.7 Å². The van der Waals surface area contributed by atoms with Crippen LogP contribution < -0.4 is 5.32 Å². The quantitative estimate of drug-likeness (QED) is 0.0243. The highest BCUT2D eigenvalue weighted by Gasteiger charge is 2.27. The van der Waals surface area contributed by atoms with Gasteiger partial charge in [-0.05, 0) is 64.7 Å². The number of aliphatic hydroxyl groups is 1. The summed E-state index contributed by atoms with van der Waals surface area (Å²) in [5, 5.41) is 13.8. The lowest BCUT2D eigenvalue weighted by Gasteiger charge is -2.25. The first-order valence-corrected chi connectivity index (χ1v) is 28.5. The third kappa shape index (κ3) is 48.4. The fraction of sp³-hybridized carbons (Fsp3) is 0.836. The van der Waals surface area contributed by atoms with Gasteiger partial charge in [0, 0.05) is 6.42 Å². The molecule has 1 amide bonds. The van der Waals surface area contributed by atoms with Crippen LogP contribution in [-0.2, 0) is 18.4 Å². The van der Waals surface area contributed by atoms with Gasteiger partial charge in [0.05, 0.1) is 39.9 Å². The molecule has 3 unspecified atom stereocenters. The number of aliphatic hydroxyl groups excluding tert-OH is 1. The average Bonchev–Trinajstić information content (AvgIpc) is 3.25. The fourth-order valence-corrected chi connectivity index (χ4v) is 8.58. The zero-order valence-electron chi connectivity index (χ0n) is 42.8. The van der Waals surface area contributed by atoms with Crippen LogP contribution >= 0.6 is 7.82 Å². The van der Waals surface area contributed by atoms with Crippen molar-refractivity contribution in [3.05, 3.63) is 48.6 Å². The molecule has 3 atom stereocenters. The molecule has 0 bridgehead atoms. The van der Waals surface area contributed by atoms with Crippen LogP contribution in [0.3, 0.4) is 0 Å². The Morgan fingerprint density at radius 2 is 0.922 bits per heavy atom. The Hall–Kier alpha value is -1.54. The molecule has 0 aliphatic heterocycles. The van der Waals surface area contributed by atoms with Gasteiger partial charge >= 0.3 is 7.82 Å². The Morgan fingerprint density at radius 3 is 1.34 bits per heavy atom. The SMILES string of the molecule is C/C=C/CC/C=C/CC/C=C/C(O)C(COP(=O)(O)OCC[N+](C)(C)C)NC(=O)CCCCCCCCCCCCCCCCCCCCCCC/C=C\CCCCCCCCCC. The molecule has 0 heterocycles. The molecule has 0 aliphatic carbocycles. The van der Waals surface area contributed by atoms with E-state index in [1.807, 2.05) is 34.1 Å². The number of likely N-dealkylation sites (N-methyl/N-ethyl adjacent to an activating group) is 1. The van der Waals surface area contributed by atoms with E-state index in [-0.39, 0.29) is 19.1 Å². The van der Waals surface area contributed by atoms with Crippen LogP contribution in [-0.4, -0.2) is 73.4 Å². The molecule has 8 nitrogen and oxygen atoms in total. The number of phosphoric ester groups is 1. The molecule has 9 heteroatoms. The zero-order valence-corrected chi connectivity index (χ0v) is 43.7. The second-order valence-corrected chi connectivity index (χ2v) is 21.1. The monoisotopic (exact) mass is 922 g/mol. The number of hydrogen-bond donors (Lipinski definition) is 3. The Kier molecular flexibility index (Phi) is 45.4. The fourth-order valence-electron chi connectivity index (χ4n) is 7.84. The minimum Gasteiger partial charge on any atom is -0.387 e.